The molecule has 3 amide bonds. The van der Waals surface area contributed by atoms with E-state index in [0.717, 1.165) is 19.4 Å². The predicted molar refractivity (Wildman–Crippen MR) is 90.7 cm³/mol. The molecule has 3 heterocycles. The summed E-state index contributed by atoms with van der Waals surface area (Å²) in [5.74, 6) is 1.13. The third-order valence-electron chi connectivity index (χ3n) is 5.21. The second kappa shape index (κ2) is 6.09. The number of nitrogens with one attached hydrogen (secondary N) is 1. The first-order valence-electron chi connectivity index (χ1n) is 8.77. The molecule has 1 N–H and O–H groups in total. The van der Waals surface area contributed by atoms with Gasteiger partial charge >= 0.3 is 6.03 Å². The van der Waals surface area contributed by atoms with E-state index in [-0.39, 0.29) is 23.3 Å². The monoisotopic (exact) mass is 349 g/mol. The Balaban J connectivity index is 1.69. The van der Waals surface area contributed by atoms with Crippen LogP contribution in [0.15, 0.2) is 4.42 Å². The molecule has 138 valence electrons. The van der Waals surface area contributed by atoms with Crippen LogP contribution in [0.5, 0.6) is 0 Å². The van der Waals surface area contributed by atoms with E-state index in [2.05, 4.69) is 20.4 Å². The number of imide groups is 1. The summed E-state index contributed by atoms with van der Waals surface area (Å²) in [7, 11) is 1.52. The summed E-state index contributed by atoms with van der Waals surface area (Å²) in [6, 6.07) is -0.323. The maximum atomic E-state index is 12.5. The van der Waals surface area contributed by atoms with Gasteiger partial charge in [-0.25, -0.2) is 4.79 Å². The van der Waals surface area contributed by atoms with E-state index in [1.165, 1.54) is 11.9 Å². The molecule has 2 saturated heterocycles. The first-order chi connectivity index (χ1) is 11.6. The Bertz CT molecular complexity index is 680. The quantitative estimate of drug-likeness (QED) is 0.832. The zero-order chi connectivity index (χ0) is 18.4. The molecule has 0 radical (unpaired) electrons. The normalized spacial score (nSPS) is 28.5. The highest BCUT2D eigenvalue weighted by molar-refractivity contribution is 6.06. The Morgan fingerprint density at radius 2 is 2.04 bits per heavy atom. The Labute approximate surface area is 147 Å². The van der Waals surface area contributed by atoms with Crippen LogP contribution in [0.25, 0.3) is 0 Å². The van der Waals surface area contributed by atoms with Gasteiger partial charge in [0, 0.05) is 24.9 Å². The van der Waals surface area contributed by atoms with Crippen molar-refractivity contribution >= 4 is 11.9 Å². The fraction of sp³-hybridized carbons (Fsp3) is 0.765. The minimum absolute atomic E-state index is 0.0626. The molecule has 0 spiro atoms. The number of carbonyl (C=O) groups excluding carboxylic acids is 2. The van der Waals surface area contributed by atoms with Crippen LogP contribution in [0, 0.1) is 5.92 Å². The van der Waals surface area contributed by atoms with Gasteiger partial charge in [0.1, 0.15) is 5.54 Å². The van der Waals surface area contributed by atoms with E-state index in [1.807, 2.05) is 27.7 Å². The maximum absolute atomic E-state index is 12.5. The largest absolute Gasteiger partial charge is 0.423 e. The molecule has 1 aromatic heterocycles. The van der Waals surface area contributed by atoms with Gasteiger partial charge < -0.3 is 9.73 Å². The second-order valence-electron chi connectivity index (χ2n) is 8.32. The van der Waals surface area contributed by atoms with Crippen molar-refractivity contribution in [3.8, 4) is 0 Å². The standard InChI is InChI=1S/C17H27N5O3/c1-16(2,3)13-20-19-12(25-13)10-22-8-6-7-11(9-22)17(4)14(23)21(5)15(24)18-17/h11H,6-10H2,1-5H3,(H,18,24)/t11-,17-/m1/s1. The minimum Gasteiger partial charge on any atom is -0.423 e. The summed E-state index contributed by atoms with van der Waals surface area (Å²) in [6.45, 7) is 10.1. The Kier molecular flexibility index (Phi) is 4.35. The smallest absolute Gasteiger partial charge is 0.324 e. The number of rotatable bonds is 3. The van der Waals surface area contributed by atoms with E-state index in [1.54, 1.807) is 0 Å². The molecule has 2 aliphatic heterocycles. The molecular weight excluding hydrogens is 322 g/mol. The fourth-order valence-corrected chi connectivity index (χ4v) is 3.56. The highest BCUT2D eigenvalue weighted by Crippen LogP contribution is 2.32. The Morgan fingerprint density at radius 1 is 1.32 bits per heavy atom. The van der Waals surface area contributed by atoms with Crippen molar-refractivity contribution in [1.29, 1.82) is 0 Å². The second-order valence-corrected chi connectivity index (χ2v) is 8.32. The van der Waals surface area contributed by atoms with Gasteiger partial charge in [0.25, 0.3) is 5.91 Å². The van der Waals surface area contributed by atoms with Crippen LogP contribution in [-0.2, 0) is 16.8 Å². The van der Waals surface area contributed by atoms with Crippen molar-refractivity contribution in [3.05, 3.63) is 11.8 Å². The van der Waals surface area contributed by atoms with Crippen molar-refractivity contribution in [3.63, 3.8) is 0 Å². The summed E-state index contributed by atoms with van der Waals surface area (Å²) in [5, 5.41) is 11.2. The van der Waals surface area contributed by atoms with E-state index in [4.69, 9.17) is 4.42 Å². The van der Waals surface area contributed by atoms with Crippen molar-refractivity contribution in [2.75, 3.05) is 20.1 Å². The van der Waals surface area contributed by atoms with Crippen LogP contribution >= 0.6 is 0 Å². The zero-order valence-electron chi connectivity index (χ0n) is 15.6. The predicted octanol–water partition coefficient (Wildman–Crippen LogP) is 1.52. The minimum atomic E-state index is -0.837. The van der Waals surface area contributed by atoms with Gasteiger partial charge in [-0.2, -0.15) is 0 Å². The highest BCUT2D eigenvalue weighted by Gasteiger charge is 2.51. The number of carbonyl (C=O) groups is 2. The van der Waals surface area contributed by atoms with Crippen LogP contribution in [-0.4, -0.2) is 57.6 Å². The third kappa shape index (κ3) is 3.27. The third-order valence-corrected chi connectivity index (χ3v) is 5.21. The Morgan fingerprint density at radius 3 is 2.60 bits per heavy atom. The molecule has 25 heavy (non-hydrogen) atoms. The summed E-state index contributed by atoms with van der Waals surface area (Å²) in [5.41, 5.74) is -1.01. The molecule has 0 bridgehead atoms. The van der Waals surface area contributed by atoms with E-state index < -0.39 is 5.54 Å². The van der Waals surface area contributed by atoms with Crippen LogP contribution in [0.3, 0.4) is 0 Å². The van der Waals surface area contributed by atoms with Gasteiger partial charge in [-0.1, -0.05) is 20.8 Å². The lowest BCUT2D eigenvalue weighted by atomic mass is 9.80. The van der Waals surface area contributed by atoms with Crippen molar-refractivity contribution in [2.24, 2.45) is 5.92 Å². The number of likely N-dealkylation sites (N-methyl/N-ethyl adjacent to an activating group) is 1. The van der Waals surface area contributed by atoms with Crippen molar-refractivity contribution < 1.29 is 14.0 Å². The molecular formula is C17H27N5O3. The average Bonchev–Trinajstić information content (AvgIpc) is 3.08. The zero-order valence-corrected chi connectivity index (χ0v) is 15.6. The highest BCUT2D eigenvalue weighted by atomic mass is 16.4. The van der Waals surface area contributed by atoms with Crippen molar-refractivity contribution in [1.82, 2.24) is 25.3 Å². The summed E-state index contributed by atoms with van der Waals surface area (Å²) >= 11 is 0. The molecule has 0 saturated carbocycles. The van der Waals surface area contributed by atoms with Crippen molar-refractivity contribution in [2.45, 2.75) is 58.0 Å². The molecule has 8 nitrogen and oxygen atoms in total. The van der Waals surface area contributed by atoms with E-state index in [9.17, 15) is 9.59 Å². The molecule has 2 atom stereocenters. The maximum Gasteiger partial charge on any atom is 0.324 e. The Hall–Kier alpha value is -1.96. The number of hydrogen-bond acceptors (Lipinski definition) is 6. The molecule has 0 aromatic carbocycles. The van der Waals surface area contributed by atoms with Crippen LogP contribution in [0.1, 0.15) is 52.3 Å². The molecule has 0 unspecified atom stereocenters. The number of piperidine rings is 1. The first-order valence-corrected chi connectivity index (χ1v) is 8.77. The summed E-state index contributed by atoms with van der Waals surface area (Å²) in [6.07, 6.45) is 1.87. The fourth-order valence-electron chi connectivity index (χ4n) is 3.56. The number of nitrogens with zero attached hydrogens (tertiary/aromatic N) is 4. The lowest BCUT2D eigenvalue weighted by molar-refractivity contribution is -0.132. The average molecular weight is 349 g/mol. The topological polar surface area (TPSA) is 91.6 Å². The first kappa shape index (κ1) is 17.8. The van der Waals surface area contributed by atoms with Gasteiger partial charge in [-0.15, -0.1) is 10.2 Å². The van der Waals surface area contributed by atoms with Gasteiger partial charge in [0.15, 0.2) is 0 Å². The van der Waals surface area contributed by atoms with Gasteiger partial charge in [-0.05, 0) is 26.3 Å². The van der Waals surface area contributed by atoms with Crippen LogP contribution < -0.4 is 5.32 Å². The number of amides is 3. The number of urea groups is 1. The number of hydrogen-bond donors (Lipinski definition) is 1. The SMILES string of the molecule is CN1C(=O)N[C@](C)([C@@H]2CCCN(Cc3nnc(C(C)(C)C)o3)C2)C1=O. The van der Waals surface area contributed by atoms with Crippen LogP contribution in [0.4, 0.5) is 4.79 Å². The molecule has 0 aliphatic carbocycles. The molecule has 2 fully saturated rings. The van der Waals surface area contributed by atoms with Gasteiger partial charge in [-0.3, -0.25) is 14.6 Å². The van der Waals surface area contributed by atoms with Gasteiger partial charge in [0.2, 0.25) is 11.8 Å². The lowest BCUT2D eigenvalue weighted by Crippen LogP contribution is -2.55. The molecule has 2 aliphatic rings. The van der Waals surface area contributed by atoms with Gasteiger partial charge in [0.05, 0.1) is 6.54 Å². The molecule has 1 aromatic rings. The number of aromatic nitrogens is 2. The molecule has 8 heteroatoms. The summed E-state index contributed by atoms with van der Waals surface area (Å²) < 4.78 is 5.78. The lowest BCUT2D eigenvalue weighted by Gasteiger charge is -2.39. The van der Waals surface area contributed by atoms with E-state index in [0.29, 0.717) is 24.9 Å². The van der Waals surface area contributed by atoms with Crippen LogP contribution in [0.2, 0.25) is 0 Å². The number of likely N-dealkylation sites (tertiary alicyclic amines) is 1. The summed E-state index contributed by atoms with van der Waals surface area (Å²) in [4.78, 5) is 27.8. The molecule has 3 rings (SSSR count). The van der Waals surface area contributed by atoms with E-state index >= 15 is 0 Å².